The number of hydrogen-bond donors (Lipinski definition) is 2. The SMILES string of the molecule is Br.Br.NCCSCc1ncccc1N. The van der Waals surface area contributed by atoms with Crippen molar-refractivity contribution in [2.24, 2.45) is 5.73 Å². The maximum atomic E-state index is 5.70. The number of rotatable bonds is 4. The lowest BCUT2D eigenvalue weighted by Crippen LogP contribution is -2.02. The van der Waals surface area contributed by atoms with Gasteiger partial charge in [0, 0.05) is 24.2 Å². The first-order valence-electron chi connectivity index (χ1n) is 3.81. The Hall–Kier alpha value is 0.220. The highest BCUT2D eigenvalue weighted by atomic mass is 79.9. The van der Waals surface area contributed by atoms with Crippen LogP contribution in [-0.2, 0) is 5.75 Å². The van der Waals surface area contributed by atoms with E-state index in [-0.39, 0.29) is 34.0 Å². The Balaban J connectivity index is 0. The zero-order valence-electron chi connectivity index (χ0n) is 7.68. The molecular formula is C8H15Br2N3S. The van der Waals surface area contributed by atoms with E-state index in [0.29, 0.717) is 6.54 Å². The van der Waals surface area contributed by atoms with Crippen LogP contribution in [0.15, 0.2) is 18.3 Å². The second-order valence-corrected chi connectivity index (χ2v) is 3.49. The van der Waals surface area contributed by atoms with Crippen molar-refractivity contribution < 1.29 is 0 Å². The van der Waals surface area contributed by atoms with Crippen LogP contribution in [0, 0.1) is 0 Å². The highest BCUT2D eigenvalue weighted by molar-refractivity contribution is 8.93. The number of nitrogens with two attached hydrogens (primary N) is 2. The number of nitrogens with zero attached hydrogens (tertiary/aromatic N) is 1. The van der Waals surface area contributed by atoms with E-state index in [9.17, 15) is 0 Å². The van der Waals surface area contributed by atoms with Crippen LogP contribution in [0.25, 0.3) is 0 Å². The minimum atomic E-state index is 0. The van der Waals surface area contributed by atoms with E-state index in [1.54, 1.807) is 18.0 Å². The second kappa shape index (κ2) is 9.76. The second-order valence-electron chi connectivity index (χ2n) is 2.38. The van der Waals surface area contributed by atoms with Gasteiger partial charge in [-0.1, -0.05) is 0 Å². The molecule has 0 aromatic carbocycles. The summed E-state index contributed by atoms with van der Waals surface area (Å²) in [5, 5.41) is 0. The molecule has 0 atom stereocenters. The van der Waals surface area contributed by atoms with Crippen molar-refractivity contribution in [3.05, 3.63) is 24.0 Å². The molecule has 1 heterocycles. The molecule has 4 N–H and O–H groups in total. The van der Waals surface area contributed by atoms with Crippen LogP contribution in [0.2, 0.25) is 0 Å². The summed E-state index contributed by atoms with van der Waals surface area (Å²) in [4.78, 5) is 4.16. The highest BCUT2D eigenvalue weighted by Crippen LogP contribution is 2.14. The predicted molar refractivity (Wildman–Crippen MR) is 74.5 cm³/mol. The molecule has 6 heteroatoms. The average Bonchev–Trinajstić information content (AvgIpc) is 2.09. The van der Waals surface area contributed by atoms with E-state index >= 15 is 0 Å². The number of hydrogen-bond acceptors (Lipinski definition) is 4. The van der Waals surface area contributed by atoms with E-state index in [2.05, 4.69) is 4.98 Å². The lowest BCUT2D eigenvalue weighted by molar-refractivity contribution is 1.13. The Kier molecular flexibility index (Phi) is 11.6. The molecule has 1 aromatic heterocycles. The zero-order valence-corrected chi connectivity index (χ0v) is 11.9. The minimum Gasteiger partial charge on any atom is -0.397 e. The van der Waals surface area contributed by atoms with Crippen LogP contribution in [0.5, 0.6) is 0 Å². The van der Waals surface area contributed by atoms with Crippen LogP contribution in [-0.4, -0.2) is 17.3 Å². The molecule has 0 aliphatic heterocycles. The molecule has 0 saturated carbocycles. The molecule has 14 heavy (non-hydrogen) atoms. The summed E-state index contributed by atoms with van der Waals surface area (Å²) in [5.41, 5.74) is 12.8. The summed E-state index contributed by atoms with van der Waals surface area (Å²) in [6.07, 6.45) is 1.76. The summed E-state index contributed by atoms with van der Waals surface area (Å²) < 4.78 is 0. The molecule has 1 rings (SSSR count). The van der Waals surface area contributed by atoms with Gasteiger partial charge in [0.05, 0.1) is 11.4 Å². The smallest absolute Gasteiger partial charge is 0.0731 e. The molecule has 1 aromatic rings. The van der Waals surface area contributed by atoms with Crippen LogP contribution in [0.1, 0.15) is 5.69 Å². The molecule has 0 unspecified atom stereocenters. The lowest BCUT2D eigenvalue weighted by Gasteiger charge is -2.02. The monoisotopic (exact) mass is 343 g/mol. The van der Waals surface area contributed by atoms with Crippen molar-refractivity contribution in [1.82, 2.24) is 4.98 Å². The van der Waals surface area contributed by atoms with Gasteiger partial charge >= 0.3 is 0 Å². The van der Waals surface area contributed by atoms with Crippen LogP contribution >= 0.6 is 45.7 Å². The fraction of sp³-hybridized carbons (Fsp3) is 0.375. The molecule has 82 valence electrons. The number of thioether (sulfide) groups is 1. The molecular weight excluding hydrogens is 330 g/mol. The average molecular weight is 345 g/mol. The van der Waals surface area contributed by atoms with E-state index in [1.165, 1.54) is 0 Å². The molecule has 3 nitrogen and oxygen atoms in total. The number of pyridine rings is 1. The summed E-state index contributed by atoms with van der Waals surface area (Å²) in [5.74, 6) is 1.81. The highest BCUT2D eigenvalue weighted by Gasteiger charge is 1.97. The van der Waals surface area contributed by atoms with Gasteiger partial charge in [-0.3, -0.25) is 4.98 Å². The molecule has 0 radical (unpaired) electrons. The standard InChI is InChI=1S/C8H13N3S.2BrH/c9-3-5-12-6-8-7(10)2-1-4-11-8;;/h1-2,4H,3,5-6,9-10H2;2*1H. The van der Waals surface area contributed by atoms with Gasteiger partial charge in [0.15, 0.2) is 0 Å². The largest absolute Gasteiger partial charge is 0.397 e. The van der Waals surface area contributed by atoms with Crippen LogP contribution in [0.3, 0.4) is 0 Å². The van der Waals surface area contributed by atoms with E-state index in [1.807, 2.05) is 12.1 Å². The Morgan fingerprint density at radius 3 is 2.64 bits per heavy atom. The summed E-state index contributed by atoms with van der Waals surface area (Å²) in [6.45, 7) is 0.706. The van der Waals surface area contributed by atoms with Crippen molar-refractivity contribution in [3.63, 3.8) is 0 Å². The first-order valence-corrected chi connectivity index (χ1v) is 4.97. The van der Waals surface area contributed by atoms with Crippen molar-refractivity contribution in [2.75, 3.05) is 18.0 Å². The third-order valence-corrected chi connectivity index (χ3v) is 2.43. The minimum absolute atomic E-state index is 0. The van der Waals surface area contributed by atoms with E-state index in [0.717, 1.165) is 22.9 Å². The number of nitrogen functional groups attached to an aromatic ring is 1. The van der Waals surface area contributed by atoms with Gasteiger partial charge < -0.3 is 11.5 Å². The Morgan fingerprint density at radius 1 is 1.36 bits per heavy atom. The van der Waals surface area contributed by atoms with Gasteiger partial charge in [0.2, 0.25) is 0 Å². The van der Waals surface area contributed by atoms with Crippen molar-refractivity contribution in [2.45, 2.75) is 5.75 Å². The topological polar surface area (TPSA) is 64.9 Å². The molecule has 0 aliphatic carbocycles. The number of aromatic nitrogens is 1. The molecule has 0 aliphatic rings. The molecule has 0 saturated heterocycles. The fourth-order valence-corrected chi connectivity index (χ4v) is 1.57. The van der Waals surface area contributed by atoms with Gasteiger partial charge in [0.25, 0.3) is 0 Å². The number of anilines is 1. The Bertz CT molecular complexity index is 248. The summed E-state index contributed by atoms with van der Waals surface area (Å²) in [6, 6.07) is 3.71. The Morgan fingerprint density at radius 2 is 2.07 bits per heavy atom. The van der Waals surface area contributed by atoms with Gasteiger partial charge in [-0.15, -0.1) is 34.0 Å². The summed E-state index contributed by atoms with van der Waals surface area (Å²) >= 11 is 1.75. The molecule has 0 amide bonds. The van der Waals surface area contributed by atoms with Gasteiger partial charge in [-0.2, -0.15) is 11.8 Å². The first kappa shape index (κ1) is 16.6. The van der Waals surface area contributed by atoms with Gasteiger partial charge in [-0.05, 0) is 12.1 Å². The maximum absolute atomic E-state index is 5.70. The van der Waals surface area contributed by atoms with Crippen LogP contribution < -0.4 is 11.5 Å². The van der Waals surface area contributed by atoms with Crippen LogP contribution in [0.4, 0.5) is 5.69 Å². The number of halogens is 2. The molecule has 0 bridgehead atoms. The lowest BCUT2D eigenvalue weighted by atomic mass is 10.3. The Labute approximate surface area is 110 Å². The molecule has 0 spiro atoms. The maximum Gasteiger partial charge on any atom is 0.0731 e. The van der Waals surface area contributed by atoms with E-state index < -0.39 is 0 Å². The van der Waals surface area contributed by atoms with Crippen molar-refractivity contribution in [1.29, 1.82) is 0 Å². The predicted octanol–water partition coefficient (Wildman–Crippen LogP) is 2.01. The third-order valence-electron chi connectivity index (χ3n) is 1.43. The quantitative estimate of drug-likeness (QED) is 0.820. The zero-order chi connectivity index (χ0) is 8.81. The van der Waals surface area contributed by atoms with Crippen molar-refractivity contribution >= 4 is 51.4 Å². The van der Waals surface area contributed by atoms with Gasteiger partial charge in [-0.25, -0.2) is 0 Å². The third kappa shape index (κ3) is 5.85. The normalized spacial score (nSPS) is 8.64. The summed E-state index contributed by atoms with van der Waals surface area (Å²) in [7, 11) is 0. The first-order chi connectivity index (χ1) is 5.84. The van der Waals surface area contributed by atoms with Crippen molar-refractivity contribution in [3.8, 4) is 0 Å². The molecule has 0 fully saturated rings. The van der Waals surface area contributed by atoms with Gasteiger partial charge in [0.1, 0.15) is 0 Å². The van der Waals surface area contributed by atoms with E-state index in [4.69, 9.17) is 11.5 Å². The fourth-order valence-electron chi connectivity index (χ4n) is 0.823.